The van der Waals surface area contributed by atoms with E-state index >= 15 is 0 Å². The van der Waals surface area contributed by atoms with Crippen LogP contribution in [0.15, 0.2) is 72.2 Å². The number of allylic oxidation sites excluding steroid dienone is 2. The SMILES string of the molecule is CC1=C(C)OP(OCC2CCCO2)(c2ccccc2)(c2ccccc2)O1. The topological polar surface area (TPSA) is 36.9 Å². The zero-order valence-electron chi connectivity index (χ0n) is 15.3. The van der Waals surface area contributed by atoms with E-state index in [1.165, 1.54) is 0 Å². The molecule has 4 nitrogen and oxygen atoms in total. The van der Waals surface area contributed by atoms with Crippen LogP contribution in [-0.4, -0.2) is 19.3 Å². The Kier molecular flexibility index (Phi) is 4.52. The van der Waals surface area contributed by atoms with Crippen molar-refractivity contribution in [1.82, 2.24) is 0 Å². The Balaban J connectivity index is 1.86. The molecule has 138 valence electrons. The summed E-state index contributed by atoms with van der Waals surface area (Å²) in [7, 11) is -3.79. The summed E-state index contributed by atoms with van der Waals surface area (Å²) >= 11 is 0. The van der Waals surface area contributed by atoms with Gasteiger partial charge in [-0.1, -0.05) is 0 Å². The monoisotopic (exact) mass is 372 g/mol. The predicted octanol–water partition coefficient (Wildman–Crippen LogP) is 4.43. The zero-order valence-corrected chi connectivity index (χ0v) is 16.2. The second-order valence-corrected chi connectivity index (χ2v) is 10.2. The maximum absolute atomic E-state index is 6.69. The summed E-state index contributed by atoms with van der Waals surface area (Å²) in [5.41, 5.74) is 0. The standard InChI is InChI=1S/C21H25O4P/c1-17-18(2)25-26(24-17,20-11-5-3-6-12-20,21-13-7-4-8-14-21)23-16-19-10-9-15-22-19/h3-8,11-14,19H,9-10,15-16H2,1-2H3. The Labute approximate surface area is 154 Å². The minimum atomic E-state index is -3.79. The second kappa shape index (κ2) is 6.70. The molecule has 0 aromatic heterocycles. The molecule has 1 saturated heterocycles. The first-order valence-corrected chi connectivity index (χ1v) is 11.1. The molecule has 2 aromatic rings. The van der Waals surface area contributed by atoms with Crippen LogP contribution < -0.4 is 10.6 Å². The van der Waals surface area contributed by atoms with E-state index < -0.39 is 7.28 Å². The van der Waals surface area contributed by atoms with Crippen LogP contribution in [0.4, 0.5) is 0 Å². The Hall–Kier alpha value is -1.87. The molecule has 0 amide bonds. The van der Waals surface area contributed by atoms with Gasteiger partial charge < -0.3 is 0 Å². The molecular weight excluding hydrogens is 347 g/mol. The van der Waals surface area contributed by atoms with Gasteiger partial charge in [0.15, 0.2) is 0 Å². The Morgan fingerprint density at radius 3 is 1.88 bits per heavy atom. The second-order valence-electron chi connectivity index (χ2n) is 6.78. The molecule has 0 radical (unpaired) electrons. The van der Waals surface area contributed by atoms with Gasteiger partial charge in [-0.3, -0.25) is 0 Å². The third-order valence-corrected chi connectivity index (χ3v) is 9.23. The van der Waals surface area contributed by atoms with Crippen LogP contribution in [0.1, 0.15) is 26.7 Å². The molecular formula is C21H25O4P. The van der Waals surface area contributed by atoms with Crippen LogP contribution in [0.3, 0.4) is 0 Å². The molecule has 2 heterocycles. The van der Waals surface area contributed by atoms with Crippen LogP contribution in [0.5, 0.6) is 0 Å². The van der Waals surface area contributed by atoms with Gasteiger partial charge in [-0.2, -0.15) is 0 Å². The third kappa shape index (κ3) is 2.73. The average molecular weight is 372 g/mol. The van der Waals surface area contributed by atoms with Crippen molar-refractivity contribution in [3.8, 4) is 0 Å². The fourth-order valence-corrected chi connectivity index (χ4v) is 7.79. The first-order chi connectivity index (χ1) is 12.6. The van der Waals surface area contributed by atoms with E-state index in [1.54, 1.807) is 0 Å². The molecule has 0 aliphatic carbocycles. The van der Waals surface area contributed by atoms with E-state index in [-0.39, 0.29) is 6.10 Å². The van der Waals surface area contributed by atoms with E-state index in [0.717, 1.165) is 41.6 Å². The number of hydrogen-bond acceptors (Lipinski definition) is 4. The fourth-order valence-electron chi connectivity index (χ4n) is 3.57. The average Bonchev–Trinajstić information content (AvgIpc) is 3.30. The van der Waals surface area contributed by atoms with Crippen molar-refractivity contribution in [2.45, 2.75) is 32.8 Å². The summed E-state index contributed by atoms with van der Waals surface area (Å²) in [5.74, 6) is 1.53. The van der Waals surface area contributed by atoms with Gasteiger partial charge in [-0.15, -0.1) is 0 Å². The molecule has 4 rings (SSSR count). The first-order valence-electron chi connectivity index (χ1n) is 9.10. The van der Waals surface area contributed by atoms with Crippen LogP contribution in [0.2, 0.25) is 0 Å². The van der Waals surface area contributed by atoms with Gasteiger partial charge in [0.05, 0.1) is 0 Å². The molecule has 1 unspecified atom stereocenters. The molecule has 2 aliphatic rings. The molecule has 1 atom stereocenters. The summed E-state index contributed by atoms with van der Waals surface area (Å²) in [6, 6.07) is 20.1. The van der Waals surface area contributed by atoms with Gasteiger partial charge in [0.25, 0.3) is 0 Å². The van der Waals surface area contributed by atoms with E-state index in [9.17, 15) is 0 Å². The number of rotatable bonds is 5. The van der Waals surface area contributed by atoms with Gasteiger partial charge in [0.2, 0.25) is 0 Å². The van der Waals surface area contributed by atoms with Gasteiger partial charge in [-0.05, 0) is 0 Å². The van der Waals surface area contributed by atoms with Gasteiger partial charge in [0, 0.05) is 0 Å². The van der Waals surface area contributed by atoms with Crippen LogP contribution >= 0.6 is 7.28 Å². The molecule has 26 heavy (non-hydrogen) atoms. The van der Waals surface area contributed by atoms with Crippen molar-refractivity contribution >= 4 is 17.9 Å². The van der Waals surface area contributed by atoms with E-state index in [0.29, 0.717) is 6.61 Å². The fraction of sp³-hybridized carbons (Fsp3) is 0.333. The summed E-state index contributed by atoms with van der Waals surface area (Å²) in [5, 5.41) is 1.86. The normalized spacial score (nSPS) is 25.2. The van der Waals surface area contributed by atoms with Gasteiger partial charge in [-0.25, -0.2) is 0 Å². The van der Waals surface area contributed by atoms with Crippen molar-refractivity contribution in [3.63, 3.8) is 0 Å². The van der Waals surface area contributed by atoms with Crippen LogP contribution in [0, 0.1) is 0 Å². The van der Waals surface area contributed by atoms with Crippen molar-refractivity contribution in [2.24, 2.45) is 0 Å². The predicted molar refractivity (Wildman–Crippen MR) is 105 cm³/mol. The van der Waals surface area contributed by atoms with E-state index in [2.05, 4.69) is 0 Å². The summed E-state index contributed by atoms with van der Waals surface area (Å²) in [4.78, 5) is 0. The van der Waals surface area contributed by atoms with Crippen molar-refractivity contribution in [2.75, 3.05) is 13.2 Å². The summed E-state index contributed by atoms with van der Waals surface area (Å²) < 4.78 is 25.7. The van der Waals surface area contributed by atoms with Gasteiger partial charge in [0.1, 0.15) is 0 Å². The molecule has 0 N–H and O–H groups in total. The maximum atomic E-state index is 6.69. The van der Waals surface area contributed by atoms with Gasteiger partial charge >= 0.3 is 154 Å². The van der Waals surface area contributed by atoms with Crippen molar-refractivity contribution in [1.29, 1.82) is 0 Å². The summed E-state index contributed by atoms with van der Waals surface area (Å²) in [6.45, 7) is 5.11. The summed E-state index contributed by atoms with van der Waals surface area (Å²) in [6.07, 6.45) is 2.15. The van der Waals surface area contributed by atoms with Crippen LogP contribution in [-0.2, 0) is 18.3 Å². The van der Waals surface area contributed by atoms with E-state index in [4.69, 9.17) is 18.3 Å². The Morgan fingerprint density at radius 1 is 0.885 bits per heavy atom. The van der Waals surface area contributed by atoms with E-state index in [1.807, 2.05) is 74.5 Å². The molecule has 2 aliphatic heterocycles. The number of hydrogen-bond donors (Lipinski definition) is 0. The first kappa shape index (κ1) is 17.5. The molecule has 0 saturated carbocycles. The Morgan fingerprint density at radius 2 is 1.42 bits per heavy atom. The molecule has 1 fully saturated rings. The molecule has 2 aromatic carbocycles. The third-order valence-electron chi connectivity index (χ3n) is 5.02. The quantitative estimate of drug-likeness (QED) is 0.728. The number of ether oxygens (including phenoxy) is 1. The zero-order chi connectivity index (χ0) is 18.1. The van der Waals surface area contributed by atoms with Crippen molar-refractivity contribution < 1.29 is 18.3 Å². The Bertz CT molecular complexity index is 740. The molecule has 0 bridgehead atoms. The minimum absolute atomic E-state index is 0.0786. The number of benzene rings is 2. The van der Waals surface area contributed by atoms with Crippen molar-refractivity contribution in [3.05, 3.63) is 72.2 Å². The molecule has 5 heteroatoms. The molecule has 0 spiro atoms. The van der Waals surface area contributed by atoms with Crippen LogP contribution in [0.25, 0.3) is 0 Å².